The molecule has 0 saturated carbocycles. The number of aromatic nitrogens is 1. The summed E-state index contributed by atoms with van der Waals surface area (Å²) in [7, 11) is 0. The Labute approximate surface area is 181 Å². The number of anilines is 2. The predicted octanol–water partition coefficient (Wildman–Crippen LogP) is 4.14. The smallest absolute Gasteiger partial charge is 0.228 e. The van der Waals surface area contributed by atoms with Crippen LogP contribution < -0.4 is 14.5 Å². The van der Waals surface area contributed by atoms with Crippen LogP contribution in [0.15, 0.2) is 72.8 Å². The molecular weight excluding hydrogens is 381 g/mol. The molecule has 6 heteroatoms. The molecule has 0 amide bonds. The number of piperazine rings is 1. The van der Waals surface area contributed by atoms with E-state index in [2.05, 4.69) is 19.5 Å². The third kappa shape index (κ3) is 4.76. The van der Waals surface area contributed by atoms with Gasteiger partial charge in [0.25, 0.3) is 0 Å². The van der Waals surface area contributed by atoms with E-state index in [4.69, 9.17) is 5.48 Å². The van der Waals surface area contributed by atoms with Crippen molar-refractivity contribution in [2.45, 2.75) is 6.42 Å². The zero-order valence-electron chi connectivity index (χ0n) is 20.4. The molecule has 0 spiro atoms. The number of Topliss-reactive ketones (excluding diaryl/α,β-unsaturated/α-hetero) is 1. The third-order valence-corrected chi connectivity index (χ3v) is 4.96. The number of hydrogen-bond acceptors (Lipinski definition) is 5. The minimum atomic E-state index is -1.10. The van der Waals surface area contributed by atoms with Crippen molar-refractivity contribution in [3.8, 4) is 5.75 Å². The number of halogens is 1. The van der Waals surface area contributed by atoms with Gasteiger partial charge in [-0.3, -0.25) is 4.79 Å². The summed E-state index contributed by atoms with van der Waals surface area (Å²) in [5.74, 6) is 0.384. The van der Waals surface area contributed by atoms with Gasteiger partial charge in [-0.05, 0) is 54.0 Å². The van der Waals surface area contributed by atoms with Gasteiger partial charge in [-0.15, -0.1) is 0 Å². The quantitative estimate of drug-likeness (QED) is 0.545. The van der Waals surface area contributed by atoms with Crippen molar-refractivity contribution in [1.82, 2.24) is 4.98 Å². The second-order valence-electron chi connectivity index (χ2n) is 6.85. The normalized spacial score (nSPS) is 15.8. The maximum absolute atomic E-state index is 12.8. The van der Waals surface area contributed by atoms with Gasteiger partial charge in [0.05, 0.1) is 5.48 Å². The molecule has 2 aromatic carbocycles. The molecule has 30 heavy (non-hydrogen) atoms. The molecule has 0 radical (unpaired) electrons. The van der Waals surface area contributed by atoms with Crippen LogP contribution in [0.3, 0.4) is 0 Å². The molecule has 0 bridgehead atoms. The van der Waals surface area contributed by atoms with E-state index >= 15 is 0 Å². The van der Waals surface area contributed by atoms with Gasteiger partial charge in [0.1, 0.15) is 11.6 Å². The summed E-state index contributed by atoms with van der Waals surface area (Å²) >= 11 is 0. The number of hydrogen-bond donors (Lipinski definition) is 0. The van der Waals surface area contributed by atoms with Crippen LogP contribution in [0.4, 0.5) is 15.9 Å². The lowest BCUT2D eigenvalue weighted by atomic mass is 10.0. The number of ether oxygens (including phenoxy) is 1. The second-order valence-corrected chi connectivity index (χ2v) is 6.85. The van der Waals surface area contributed by atoms with Gasteiger partial charge in [0.2, 0.25) is 6.86 Å². The van der Waals surface area contributed by atoms with Gasteiger partial charge < -0.3 is 14.5 Å². The van der Waals surface area contributed by atoms with Crippen LogP contribution in [0.2, 0.25) is 0 Å². The van der Waals surface area contributed by atoms with Crippen LogP contribution in [0.5, 0.6) is 5.75 Å². The number of pyridine rings is 1. The highest BCUT2D eigenvalue weighted by Gasteiger charge is 2.18. The fourth-order valence-electron chi connectivity index (χ4n) is 3.35. The summed E-state index contributed by atoms with van der Waals surface area (Å²) in [5, 5.41) is 0. The Balaban J connectivity index is 1.48. The van der Waals surface area contributed by atoms with Crippen molar-refractivity contribution in [2.75, 3.05) is 42.8 Å². The lowest BCUT2D eigenvalue weighted by molar-refractivity contribution is 0.0993. The van der Waals surface area contributed by atoms with Crippen molar-refractivity contribution in [3.05, 3.63) is 84.0 Å². The molecule has 1 fully saturated rings. The molecule has 5 nitrogen and oxygen atoms in total. The van der Waals surface area contributed by atoms with E-state index in [1.165, 1.54) is 12.1 Å². The number of ketones is 1. The Morgan fingerprint density at radius 3 is 2.33 bits per heavy atom. The fraction of sp³-hybridized carbons (Fsp3) is 0.250. The number of carbonyl (C=O) groups excluding carboxylic acids is 1. The molecule has 0 atom stereocenters. The number of carbonyl (C=O) groups is 1. The van der Waals surface area contributed by atoms with Crippen molar-refractivity contribution >= 4 is 17.3 Å². The summed E-state index contributed by atoms with van der Waals surface area (Å²) in [6.07, 6.45) is 1.49. The molecule has 1 aliphatic rings. The van der Waals surface area contributed by atoms with Crippen LogP contribution in [0.1, 0.15) is 21.4 Å². The maximum Gasteiger partial charge on any atom is 0.228 e. The van der Waals surface area contributed by atoms with Crippen molar-refractivity contribution < 1.29 is 19.4 Å². The Morgan fingerprint density at radius 2 is 1.70 bits per heavy atom. The Hall–Kier alpha value is -3.41. The van der Waals surface area contributed by atoms with Crippen LogP contribution in [0.25, 0.3) is 0 Å². The second kappa shape index (κ2) is 9.39. The number of nitrogens with zero attached hydrogens (tertiary/aromatic N) is 3. The van der Waals surface area contributed by atoms with Gasteiger partial charge in [-0.1, -0.05) is 18.2 Å². The van der Waals surface area contributed by atoms with Gasteiger partial charge in [-0.2, -0.15) is 0 Å². The number of benzene rings is 2. The van der Waals surface area contributed by atoms with E-state index in [9.17, 15) is 9.18 Å². The topological polar surface area (TPSA) is 45.7 Å². The van der Waals surface area contributed by atoms with Crippen molar-refractivity contribution in [1.29, 1.82) is 0 Å². The van der Waals surface area contributed by atoms with Gasteiger partial charge in [-0.25, -0.2) is 9.37 Å². The summed E-state index contributed by atoms with van der Waals surface area (Å²) < 4.78 is 50.0. The molecule has 2 heterocycles. The van der Waals surface area contributed by atoms with E-state index in [1.807, 2.05) is 18.2 Å². The molecule has 1 aromatic heterocycles. The largest absolute Gasteiger partial charge is 0.463 e. The first-order chi connectivity index (χ1) is 16.4. The average molecular weight is 414 g/mol. The molecular formula is C24H24FN3O2. The minimum absolute atomic E-state index is 0.00362. The molecule has 154 valence electrons. The maximum atomic E-state index is 12.8. The molecule has 0 N–H and O–H groups in total. The highest BCUT2D eigenvalue weighted by Crippen LogP contribution is 2.21. The monoisotopic (exact) mass is 413 g/mol. The Kier molecular flexibility index (Phi) is 4.83. The predicted molar refractivity (Wildman–Crippen MR) is 116 cm³/mol. The lowest BCUT2D eigenvalue weighted by Crippen LogP contribution is -2.46. The number of alkyl halides is 1. The fourth-order valence-corrected chi connectivity index (χ4v) is 3.35. The Morgan fingerprint density at radius 1 is 1.00 bits per heavy atom. The molecule has 4 rings (SSSR count). The van der Waals surface area contributed by atoms with Crippen LogP contribution in [-0.4, -0.2) is 43.8 Å². The van der Waals surface area contributed by atoms with Gasteiger partial charge >= 0.3 is 0 Å². The summed E-state index contributed by atoms with van der Waals surface area (Å²) in [6, 6.07) is 11.1. The van der Waals surface area contributed by atoms with E-state index in [1.54, 1.807) is 18.3 Å². The first kappa shape index (κ1) is 15.4. The molecule has 1 aliphatic heterocycles. The zero-order chi connectivity index (χ0) is 24.2. The first-order valence-electron chi connectivity index (χ1n) is 11.7. The van der Waals surface area contributed by atoms with E-state index in [-0.39, 0.29) is 47.5 Å². The highest BCUT2D eigenvalue weighted by atomic mass is 19.1. The number of rotatable bonds is 7. The minimum Gasteiger partial charge on any atom is -0.463 e. The van der Waals surface area contributed by atoms with Crippen LogP contribution in [-0.2, 0) is 6.42 Å². The van der Waals surface area contributed by atoms with Crippen molar-refractivity contribution in [2.24, 2.45) is 0 Å². The zero-order valence-corrected chi connectivity index (χ0v) is 16.4. The SMILES string of the molecule is [3H]c1cc(N2CCN(c3ccccn3)CC2)cc([3H])c1CC(=O)c1c([3H])cc(OCF)cc1[3H]. The average Bonchev–Trinajstić information content (AvgIpc) is 2.82. The lowest BCUT2D eigenvalue weighted by Gasteiger charge is -2.36. The summed E-state index contributed by atoms with van der Waals surface area (Å²) in [6.45, 7) is 1.86. The van der Waals surface area contributed by atoms with Crippen LogP contribution >= 0.6 is 0 Å². The van der Waals surface area contributed by atoms with Crippen LogP contribution in [0, 0.1) is 0 Å². The first-order valence-corrected chi connectivity index (χ1v) is 9.71. The van der Waals surface area contributed by atoms with E-state index < -0.39 is 12.6 Å². The molecule has 0 aliphatic carbocycles. The third-order valence-electron chi connectivity index (χ3n) is 4.96. The standard InChI is InChI=1S/C24H24FN3O2/c25-18-30-22-10-6-20(7-11-22)23(29)17-19-4-8-21(9-5-19)27-13-15-28(16-14-27)24-3-1-2-12-26-24/h1-12H,13-18H2/i4T,5T,6T,7T. The van der Waals surface area contributed by atoms with Gasteiger partial charge in [0, 0.05) is 50.0 Å². The summed E-state index contributed by atoms with van der Waals surface area (Å²) in [5.41, 5.74) is 0.852. The Bertz CT molecular complexity index is 1140. The summed E-state index contributed by atoms with van der Waals surface area (Å²) in [4.78, 5) is 21.5. The van der Waals surface area contributed by atoms with Gasteiger partial charge in [0.15, 0.2) is 5.78 Å². The molecule has 1 saturated heterocycles. The molecule has 0 unspecified atom stereocenters. The highest BCUT2D eigenvalue weighted by molar-refractivity contribution is 5.97. The van der Waals surface area contributed by atoms with E-state index in [0.29, 0.717) is 13.1 Å². The van der Waals surface area contributed by atoms with E-state index in [0.717, 1.165) is 24.6 Å². The van der Waals surface area contributed by atoms with Crippen molar-refractivity contribution in [3.63, 3.8) is 0 Å². The molecule has 3 aromatic rings.